The Morgan fingerprint density at radius 3 is 2.75 bits per heavy atom. The van der Waals surface area contributed by atoms with Crippen LogP contribution in [0.2, 0.25) is 0 Å². The maximum absolute atomic E-state index is 12.9. The third-order valence-corrected chi connectivity index (χ3v) is 4.77. The zero-order chi connectivity index (χ0) is 20.0. The number of nitrogens with zero attached hydrogens (tertiary/aromatic N) is 6. The summed E-state index contributed by atoms with van der Waals surface area (Å²) in [6.07, 6.45) is -4.32. The van der Waals surface area contributed by atoms with Gasteiger partial charge in [-0.25, -0.2) is 4.98 Å². The van der Waals surface area contributed by atoms with Crippen molar-refractivity contribution in [2.75, 3.05) is 6.61 Å². The molecule has 1 fully saturated rings. The van der Waals surface area contributed by atoms with Gasteiger partial charge in [0.2, 0.25) is 0 Å². The Morgan fingerprint density at radius 1 is 1.21 bits per heavy atom. The number of hydrogen-bond donors (Lipinski definition) is 4. The Kier molecular flexibility index (Phi) is 4.64. The van der Waals surface area contributed by atoms with Crippen LogP contribution in [0.4, 0.5) is 0 Å². The van der Waals surface area contributed by atoms with Crippen molar-refractivity contribution in [1.29, 1.82) is 0 Å². The molecule has 148 valence electrons. The molecular weight excluding hydrogens is 372 g/mol. The first kappa shape index (κ1) is 18.6. The molecule has 0 radical (unpaired) electrons. The first-order chi connectivity index (χ1) is 13.4. The van der Waals surface area contributed by atoms with Crippen LogP contribution in [0, 0.1) is 6.92 Å². The van der Waals surface area contributed by atoms with Gasteiger partial charge in [-0.3, -0.25) is 9.20 Å². The third kappa shape index (κ3) is 2.78. The number of fused-ring (bicyclic) bond motifs is 1. The first-order valence-electron chi connectivity index (χ1n) is 8.49. The Bertz CT molecular complexity index is 1070. The van der Waals surface area contributed by atoms with Crippen LogP contribution in [0.25, 0.3) is 17.0 Å². The Balaban J connectivity index is 1.81. The highest BCUT2D eigenvalue weighted by atomic mass is 16.6. The van der Waals surface area contributed by atoms with E-state index in [0.29, 0.717) is 5.65 Å². The van der Waals surface area contributed by atoms with E-state index >= 15 is 0 Å². The van der Waals surface area contributed by atoms with Crippen LogP contribution < -0.4 is 5.56 Å². The Morgan fingerprint density at radius 2 is 2.00 bits per heavy atom. The highest BCUT2D eigenvalue weighted by Crippen LogP contribution is 2.29. The van der Waals surface area contributed by atoms with Crippen molar-refractivity contribution >= 4 is 5.65 Å². The van der Waals surface area contributed by atoms with E-state index in [9.17, 15) is 25.2 Å². The van der Waals surface area contributed by atoms with Crippen LogP contribution in [0.3, 0.4) is 0 Å². The number of aryl methyl sites for hydroxylation is 1. The molecule has 0 unspecified atom stereocenters. The van der Waals surface area contributed by atoms with Gasteiger partial charge in [-0.1, -0.05) is 6.07 Å². The number of tetrazole rings is 1. The van der Waals surface area contributed by atoms with Crippen molar-refractivity contribution in [2.45, 2.75) is 37.6 Å². The minimum atomic E-state index is -1.61. The molecule has 0 bridgehead atoms. The summed E-state index contributed by atoms with van der Waals surface area (Å²) < 4.78 is 7.83. The number of aliphatic hydroxyl groups excluding tert-OH is 4. The van der Waals surface area contributed by atoms with Crippen LogP contribution in [0.1, 0.15) is 11.8 Å². The van der Waals surface area contributed by atoms with E-state index in [4.69, 9.17) is 4.74 Å². The number of ether oxygens (including phenoxy) is 1. The summed E-state index contributed by atoms with van der Waals surface area (Å²) in [4.78, 5) is 17.2. The monoisotopic (exact) mass is 390 g/mol. The molecule has 4 N–H and O–H groups in total. The lowest BCUT2D eigenvalue weighted by Gasteiger charge is -2.39. The molecule has 0 saturated carbocycles. The zero-order valence-electron chi connectivity index (χ0n) is 14.7. The van der Waals surface area contributed by atoms with Gasteiger partial charge < -0.3 is 25.2 Å². The van der Waals surface area contributed by atoms with E-state index < -0.39 is 42.8 Å². The average molecular weight is 390 g/mol. The summed E-state index contributed by atoms with van der Waals surface area (Å²) in [6, 6.07) is 3.52. The van der Waals surface area contributed by atoms with Crippen LogP contribution in [-0.2, 0) is 4.74 Å². The van der Waals surface area contributed by atoms with Crippen molar-refractivity contribution in [2.24, 2.45) is 0 Å². The Hall–Kier alpha value is -2.77. The largest absolute Gasteiger partial charge is 0.394 e. The molecule has 0 aliphatic carbocycles. The van der Waals surface area contributed by atoms with Crippen molar-refractivity contribution in [3.05, 3.63) is 40.4 Å². The molecule has 0 amide bonds. The summed E-state index contributed by atoms with van der Waals surface area (Å²) in [7, 11) is 0. The molecule has 4 rings (SSSR count). The molecule has 3 aromatic heterocycles. The van der Waals surface area contributed by atoms with Gasteiger partial charge in [-0.15, -0.1) is 5.10 Å². The SMILES string of the molecule is Cc1cccn2c(=O)c(-c3nnnn3[C@@H]3O[C@H](CO)[C@@H](O)[C@H](O)[C@H]3O)cnc12. The van der Waals surface area contributed by atoms with Crippen molar-refractivity contribution in [1.82, 2.24) is 29.6 Å². The molecule has 12 nitrogen and oxygen atoms in total. The second-order valence-electron chi connectivity index (χ2n) is 6.53. The molecule has 28 heavy (non-hydrogen) atoms. The maximum atomic E-state index is 12.9. The number of rotatable bonds is 3. The molecule has 5 atom stereocenters. The van der Waals surface area contributed by atoms with Gasteiger partial charge in [0.25, 0.3) is 5.56 Å². The minimum absolute atomic E-state index is 0.0438. The van der Waals surface area contributed by atoms with Gasteiger partial charge in [0.05, 0.1) is 6.61 Å². The van der Waals surface area contributed by atoms with Crippen LogP contribution in [0.15, 0.2) is 29.3 Å². The fourth-order valence-corrected chi connectivity index (χ4v) is 3.23. The third-order valence-electron chi connectivity index (χ3n) is 4.77. The second kappa shape index (κ2) is 7.00. The number of aromatic nitrogens is 6. The fourth-order valence-electron chi connectivity index (χ4n) is 3.23. The van der Waals surface area contributed by atoms with Gasteiger partial charge >= 0.3 is 0 Å². The average Bonchev–Trinajstić information content (AvgIpc) is 3.17. The molecule has 0 spiro atoms. The van der Waals surface area contributed by atoms with Crippen molar-refractivity contribution in [3.63, 3.8) is 0 Å². The Labute approximate surface area is 157 Å². The topological polar surface area (TPSA) is 168 Å². The van der Waals surface area contributed by atoms with Crippen molar-refractivity contribution in [3.8, 4) is 11.4 Å². The molecule has 1 aliphatic rings. The standard InChI is InChI=1S/C16H18N6O6/c1-7-3-2-4-21-13(7)17-5-8(15(21)27)14-18-19-20-22(14)16-12(26)11(25)10(24)9(6-23)28-16/h2-5,9-12,16,23-26H,6H2,1H3/t9-,10-,11+,12-,16-/m1/s1. The first-order valence-corrected chi connectivity index (χ1v) is 8.49. The zero-order valence-corrected chi connectivity index (χ0v) is 14.7. The maximum Gasteiger partial charge on any atom is 0.269 e. The lowest BCUT2D eigenvalue weighted by atomic mass is 9.98. The van der Waals surface area contributed by atoms with Crippen LogP contribution in [-0.4, -0.2) is 81.0 Å². The van der Waals surface area contributed by atoms with E-state index in [2.05, 4.69) is 20.5 Å². The predicted octanol–water partition coefficient (Wildman–Crippen LogP) is -2.37. The smallest absolute Gasteiger partial charge is 0.269 e. The van der Waals surface area contributed by atoms with E-state index in [1.54, 1.807) is 12.3 Å². The molecular formula is C16H18N6O6. The lowest BCUT2D eigenvalue weighted by Crippen LogP contribution is -2.56. The molecule has 1 aliphatic heterocycles. The van der Waals surface area contributed by atoms with Crippen LogP contribution >= 0.6 is 0 Å². The highest BCUT2D eigenvalue weighted by Gasteiger charge is 2.45. The molecule has 4 heterocycles. The van der Waals surface area contributed by atoms with E-state index in [1.165, 1.54) is 10.6 Å². The fraction of sp³-hybridized carbons (Fsp3) is 0.438. The van der Waals surface area contributed by atoms with Gasteiger partial charge in [0.15, 0.2) is 12.1 Å². The lowest BCUT2D eigenvalue weighted by molar-refractivity contribution is -0.253. The molecule has 1 saturated heterocycles. The summed E-state index contributed by atoms with van der Waals surface area (Å²) in [5.41, 5.74) is 0.891. The predicted molar refractivity (Wildman–Crippen MR) is 92.0 cm³/mol. The molecule has 12 heteroatoms. The number of aliphatic hydroxyl groups is 4. The van der Waals surface area contributed by atoms with Gasteiger partial charge in [0.1, 0.15) is 35.6 Å². The van der Waals surface area contributed by atoms with E-state index in [1.807, 2.05) is 13.0 Å². The second-order valence-corrected chi connectivity index (χ2v) is 6.53. The summed E-state index contributed by atoms with van der Waals surface area (Å²) in [6.45, 7) is 1.22. The molecule has 3 aromatic rings. The number of pyridine rings is 1. The van der Waals surface area contributed by atoms with Crippen LogP contribution in [0.5, 0.6) is 0 Å². The summed E-state index contributed by atoms with van der Waals surface area (Å²) in [5.74, 6) is -0.0438. The van der Waals surface area contributed by atoms with Gasteiger partial charge in [0, 0.05) is 12.4 Å². The number of hydrogen-bond acceptors (Lipinski definition) is 10. The highest BCUT2D eigenvalue weighted by molar-refractivity contribution is 5.56. The van der Waals surface area contributed by atoms with Gasteiger partial charge in [-0.2, -0.15) is 4.68 Å². The summed E-state index contributed by atoms with van der Waals surface area (Å²) >= 11 is 0. The van der Waals surface area contributed by atoms with E-state index in [-0.39, 0.29) is 11.4 Å². The van der Waals surface area contributed by atoms with E-state index in [0.717, 1.165) is 10.2 Å². The normalized spacial score (nSPS) is 28.0. The summed E-state index contributed by atoms with van der Waals surface area (Å²) in [5, 5.41) is 50.7. The minimum Gasteiger partial charge on any atom is -0.394 e. The van der Waals surface area contributed by atoms with Crippen molar-refractivity contribution < 1.29 is 25.2 Å². The molecule has 0 aromatic carbocycles. The quantitative estimate of drug-likeness (QED) is 0.379. The van der Waals surface area contributed by atoms with Gasteiger partial charge in [-0.05, 0) is 29.0 Å².